The number of amides is 1. The summed E-state index contributed by atoms with van der Waals surface area (Å²) in [6, 6.07) is 0. The zero-order valence-electron chi connectivity index (χ0n) is 10.1. The molecular formula is C8H20N2O5S. The Bertz CT molecular complexity index is 289. The molecule has 0 aliphatic rings. The number of hydrogen-bond acceptors (Lipinski definition) is 4. The molecule has 1 amide bonds. The van der Waals surface area contributed by atoms with Crippen LogP contribution in [0.4, 0.5) is 4.79 Å². The van der Waals surface area contributed by atoms with E-state index in [1.807, 2.05) is 0 Å². The summed E-state index contributed by atoms with van der Waals surface area (Å²) in [5, 5.41) is 16.6. The van der Waals surface area contributed by atoms with Gasteiger partial charge in [-0.15, -0.1) is 0 Å². The summed E-state index contributed by atoms with van der Waals surface area (Å²) < 4.78 is 24.6. The van der Waals surface area contributed by atoms with E-state index in [1.54, 1.807) is 25.5 Å². The van der Waals surface area contributed by atoms with Gasteiger partial charge in [0.2, 0.25) is 0 Å². The van der Waals surface area contributed by atoms with E-state index in [1.165, 1.54) is 0 Å². The number of quaternary nitrogens is 1. The van der Waals surface area contributed by atoms with Gasteiger partial charge in [-0.2, -0.15) is 20.2 Å². The lowest BCUT2D eigenvalue weighted by atomic mass is 10.5. The van der Waals surface area contributed by atoms with Crippen LogP contribution in [-0.2, 0) is 10.2 Å². The van der Waals surface area contributed by atoms with Crippen molar-refractivity contribution in [1.29, 1.82) is 0 Å². The summed E-state index contributed by atoms with van der Waals surface area (Å²) in [4.78, 5) is 10.3. The number of carboxylic acid groups (broad SMARTS) is 1. The normalized spacial score (nSPS) is 11.3. The third-order valence-electron chi connectivity index (χ3n) is 2.46. The van der Waals surface area contributed by atoms with Gasteiger partial charge in [-0.3, -0.25) is 0 Å². The van der Waals surface area contributed by atoms with Crippen molar-refractivity contribution in [2.45, 2.75) is 20.8 Å². The second-order valence-electron chi connectivity index (χ2n) is 2.89. The second-order valence-corrected chi connectivity index (χ2v) is 4.82. The van der Waals surface area contributed by atoms with Crippen LogP contribution in [0.25, 0.3) is 0 Å². The first-order valence-electron chi connectivity index (χ1n) is 4.88. The Labute approximate surface area is 96.5 Å². The van der Waals surface area contributed by atoms with E-state index >= 15 is 0 Å². The Morgan fingerprint density at radius 1 is 1.19 bits per heavy atom. The van der Waals surface area contributed by atoms with E-state index in [9.17, 15) is 13.2 Å². The summed E-state index contributed by atoms with van der Waals surface area (Å²) >= 11 is 0. The molecular weight excluding hydrogens is 236 g/mol. The fourth-order valence-corrected chi connectivity index (χ4v) is 2.82. The molecule has 0 aromatic rings. The van der Waals surface area contributed by atoms with Crippen LogP contribution in [0.1, 0.15) is 20.8 Å². The van der Waals surface area contributed by atoms with Gasteiger partial charge in [0.15, 0.2) is 0 Å². The molecule has 98 valence electrons. The Hall–Kier alpha value is -0.860. The van der Waals surface area contributed by atoms with Crippen LogP contribution >= 0.6 is 0 Å². The molecule has 2 N–H and O–H groups in total. The maximum atomic E-state index is 11.6. The van der Waals surface area contributed by atoms with Crippen molar-refractivity contribution in [3.05, 3.63) is 0 Å². The van der Waals surface area contributed by atoms with Crippen molar-refractivity contribution in [3.8, 4) is 0 Å². The van der Waals surface area contributed by atoms with Crippen molar-refractivity contribution < 1.29 is 27.3 Å². The number of nitrogens with one attached hydrogen (secondary N) is 1. The van der Waals surface area contributed by atoms with Gasteiger partial charge in [0.05, 0.1) is 19.6 Å². The van der Waals surface area contributed by atoms with Crippen molar-refractivity contribution in [3.63, 3.8) is 0 Å². The average Bonchev–Trinajstić information content (AvgIpc) is 2.21. The number of rotatable bonds is 5. The minimum Gasteiger partial charge on any atom is -0.857 e. The number of hydrogen-bond donors (Lipinski definition) is 2. The molecule has 0 aliphatic heterocycles. The standard InChI is InChI=1S/C7H16N2O4S.CH3O/c1-4-9(5-2,6-3)14(12,13)8-7(10)11;1-2/h8H,4-6H2,1-3H3;1H3/q;-1/p+1. The van der Waals surface area contributed by atoms with Crippen LogP contribution in [0.2, 0.25) is 0 Å². The summed E-state index contributed by atoms with van der Waals surface area (Å²) in [6.45, 7) is 6.18. The van der Waals surface area contributed by atoms with Gasteiger partial charge in [-0.25, -0.2) is 8.68 Å². The van der Waals surface area contributed by atoms with Crippen molar-refractivity contribution in [2.24, 2.45) is 0 Å². The van der Waals surface area contributed by atoms with E-state index in [0.717, 1.165) is 7.11 Å². The third-order valence-corrected chi connectivity index (χ3v) is 4.68. The summed E-state index contributed by atoms with van der Waals surface area (Å²) in [5.74, 6) is 0. The molecule has 0 aromatic heterocycles. The third kappa shape index (κ3) is 3.95. The van der Waals surface area contributed by atoms with Crippen LogP contribution in [0.15, 0.2) is 0 Å². The molecule has 7 nitrogen and oxygen atoms in total. The first kappa shape index (κ1) is 17.5. The molecule has 0 saturated carbocycles. The van der Waals surface area contributed by atoms with E-state index in [-0.39, 0.29) is 3.89 Å². The molecule has 0 atom stereocenters. The van der Waals surface area contributed by atoms with E-state index in [2.05, 4.69) is 0 Å². The maximum absolute atomic E-state index is 11.6. The molecule has 0 saturated heterocycles. The van der Waals surface area contributed by atoms with Crippen molar-refractivity contribution in [1.82, 2.24) is 4.72 Å². The van der Waals surface area contributed by atoms with Gasteiger partial charge in [-0.05, 0) is 20.8 Å². The lowest BCUT2D eigenvalue weighted by molar-refractivity contribution is -0.801. The number of nitrogens with zero attached hydrogens (tertiary/aromatic N) is 1. The second kappa shape index (κ2) is 7.42. The lowest BCUT2D eigenvalue weighted by Gasteiger charge is -2.32. The average molecular weight is 256 g/mol. The monoisotopic (exact) mass is 256 g/mol. The molecule has 8 heteroatoms. The van der Waals surface area contributed by atoms with Crippen LogP contribution in [0.5, 0.6) is 0 Å². The lowest BCUT2D eigenvalue weighted by Crippen LogP contribution is -2.58. The summed E-state index contributed by atoms with van der Waals surface area (Å²) in [6.07, 6.45) is -1.54. The molecule has 0 fully saturated rings. The minimum atomic E-state index is -3.85. The van der Waals surface area contributed by atoms with Gasteiger partial charge in [0, 0.05) is 0 Å². The molecule has 0 aliphatic carbocycles. The zero-order valence-corrected chi connectivity index (χ0v) is 10.9. The SMILES string of the molecule is CC[N+](CC)(CC)S(=O)(=O)NC(=O)O.C[O-]. The first-order chi connectivity index (χ1) is 7.35. The number of carbonyl (C=O) groups is 1. The molecule has 0 unspecified atom stereocenters. The largest absolute Gasteiger partial charge is 0.857 e. The molecule has 0 aromatic carbocycles. The molecule has 16 heavy (non-hydrogen) atoms. The van der Waals surface area contributed by atoms with Crippen LogP contribution < -0.4 is 9.83 Å². The topological polar surface area (TPSA) is 107 Å². The first-order valence-corrected chi connectivity index (χ1v) is 6.32. The fraction of sp³-hybridized carbons (Fsp3) is 0.875. The Balaban J connectivity index is 0. The summed E-state index contributed by atoms with van der Waals surface area (Å²) in [7, 11) is -3.10. The highest BCUT2D eigenvalue weighted by Crippen LogP contribution is 2.12. The quantitative estimate of drug-likeness (QED) is 0.636. The molecule has 0 radical (unpaired) electrons. The molecule has 0 bridgehead atoms. The highest BCUT2D eigenvalue weighted by molar-refractivity contribution is 7.84. The highest BCUT2D eigenvalue weighted by atomic mass is 32.2. The molecule has 0 spiro atoms. The predicted octanol–water partition coefficient (Wildman–Crippen LogP) is -0.648. The van der Waals surface area contributed by atoms with E-state index < -0.39 is 16.3 Å². The Morgan fingerprint density at radius 3 is 1.69 bits per heavy atom. The smallest absolute Gasteiger partial charge is 0.422 e. The van der Waals surface area contributed by atoms with E-state index in [4.69, 9.17) is 10.2 Å². The van der Waals surface area contributed by atoms with Gasteiger partial charge in [0.1, 0.15) is 0 Å². The highest BCUT2D eigenvalue weighted by Gasteiger charge is 2.38. The van der Waals surface area contributed by atoms with Gasteiger partial charge in [-0.1, -0.05) is 0 Å². The molecule has 0 heterocycles. The van der Waals surface area contributed by atoms with Crippen LogP contribution in [0.3, 0.4) is 0 Å². The Morgan fingerprint density at radius 2 is 1.50 bits per heavy atom. The van der Waals surface area contributed by atoms with Crippen molar-refractivity contribution >= 4 is 16.3 Å². The predicted molar refractivity (Wildman–Crippen MR) is 57.9 cm³/mol. The Kier molecular flexibility index (Phi) is 8.13. The minimum absolute atomic E-state index is 0.265. The van der Waals surface area contributed by atoms with Crippen LogP contribution in [0, 0.1) is 0 Å². The van der Waals surface area contributed by atoms with E-state index in [0.29, 0.717) is 19.6 Å². The van der Waals surface area contributed by atoms with Crippen molar-refractivity contribution in [2.75, 3.05) is 26.7 Å². The summed E-state index contributed by atoms with van der Waals surface area (Å²) in [5.41, 5.74) is 0. The van der Waals surface area contributed by atoms with Crippen LogP contribution in [-0.4, -0.2) is 50.2 Å². The molecule has 0 rings (SSSR count). The van der Waals surface area contributed by atoms with Gasteiger partial charge < -0.3 is 10.2 Å². The fourth-order valence-electron chi connectivity index (χ4n) is 1.39. The van der Waals surface area contributed by atoms with Gasteiger partial charge in [0.25, 0.3) is 0 Å². The zero-order chi connectivity index (χ0) is 13.4. The van der Waals surface area contributed by atoms with Gasteiger partial charge >= 0.3 is 16.3 Å². The maximum Gasteiger partial charge on any atom is 0.422 e.